The predicted molar refractivity (Wildman–Crippen MR) is 153 cm³/mol. The molecule has 6 heteroatoms. The first-order valence-corrected chi connectivity index (χ1v) is 15.6. The molecule has 198 valence electrons. The summed E-state index contributed by atoms with van der Waals surface area (Å²) in [6.45, 7) is 2.21. The molecule has 3 aromatic rings. The molecule has 0 saturated heterocycles. The largest absolute Gasteiger partial charge is 0.322 e. The third kappa shape index (κ3) is 4.86. The second-order valence-corrected chi connectivity index (χ2v) is 13.9. The van der Waals surface area contributed by atoms with E-state index >= 15 is 0 Å². The lowest BCUT2D eigenvalue weighted by Gasteiger charge is -2.57. The molecule has 5 nitrogen and oxygen atoms in total. The van der Waals surface area contributed by atoms with Gasteiger partial charge in [-0.2, -0.15) is 0 Å². The smallest absolute Gasteiger partial charge is 0.255 e. The summed E-state index contributed by atoms with van der Waals surface area (Å²) in [5.41, 5.74) is 5.56. The molecule has 3 aromatic carbocycles. The number of nitrogens with zero attached hydrogens (tertiary/aromatic N) is 1. The molecule has 0 aliphatic heterocycles. The van der Waals surface area contributed by atoms with Crippen molar-refractivity contribution in [3.05, 3.63) is 95.1 Å². The van der Waals surface area contributed by atoms with Gasteiger partial charge in [0, 0.05) is 11.3 Å². The van der Waals surface area contributed by atoms with Gasteiger partial charge in [-0.25, -0.2) is 8.42 Å². The number of hydrogen-bond donors (Lipinski definition) is 1. The molecular weight excluding hydrogens is 492 g/mol. The van der Waals surface area contributed by atoms with Crippen LogP contribution in [-0.2, 0) is 22.0 Å². The van der Waals surface area contributed by atoms with Crippen molar-refractivity contribution >= 4 is 27.3 Å². The Bertz CT molecular complexity index is 1410. The van der Waals surface area contributed by atoms with Gasteiger partial charge >= 0.3 is 0 Å². The maximum atomic E-state index is 13.0. The summed E-state index contributed by atoms with van der Waals surface area (Å²) in [4.78, 5) is 13.0. The number of amides is 1. The van der Waals surface area contributed by atoms with E-state index in [0.29, 0.717) is 16.7 Å². The first kappa shape index (κ1) is 25.2. The highest BCUT2D eigenvalue weighted by Crippen LogP contribution is 2.60. The highest BCUT2D eigenvalue weighted by atomic mass is 32.2. The minimum Gasteiger partial charge on any atom is -0.322 e. The van der Waals surface area contributed by atoms with Crippen molar-refractivity contribution in [1.82, 2.24) is 0 Å². The van der Waals surface area contributed by atoms with Crippen LogP contribution in [0.2, 0.25) is 0 Å². The van der Waals surface area contributed by atoms with E-state index in [2.05, 4.69) is 17.4 Å². The summed E-state index contributed by atoms with van der Waals surface area (Å²) in [6.07, 6.45) is 9.47. The lowest BCUT2D eigenvalue weighted by Crippen LogP contribution is -2.48. The van der Waals surface area contributed by atoms with Gasteiger partial charge < -0.3 is 5.32 Å². The molecule has 0 spiro atoms. The fraction of sp³-hybridized carbons (Fsp3) is 0.406. The molecule has 0 radical (unpaired) electrons. The summed E-state index contributed by atoms with van der Waals surface area (Å²) >= 11 is 0. The molecule has 1 N–H and O–H groups in total. The van der Waals surface area contributed by atoms with E-state index in [0.717, 1.165) is 34.6 Å². The van der Waals surface area contributed by atoms with Gasteiger partial charge in [-0.3, -0.25) is 9.10 Å². The number of sulfonamides is 1. The van der Waals surface area contributed by atoms with Crippen LogP contribution in [0, 0.1) is 24.7 Å². The Hall–Kier alpha value is -3.12. The Morgan fingerprint density at radius 3 is 2.00 bits per heavy atom. The first-order chi connectivity index (χ1) is 18.2. The van der Waals surface area contributed by atoms with Gasteiger partial charge in [0.15, 0.2) is 0 Å². The van der Waals surface area contributed by atoms with Crippen LogP contribution in [0.15, 0.2) is 72.8 Å². The summed E-state index contributed by atoms with van der Waals surface area (Å²) in [7, 11) is -3.50. The lowest BCUT2D eigenvalue weighted by atomic mass is 9.48. The van der Waals surface area contributed by atoms with Crippen molar-refractivity contribution < 1.29 is 13.2 Å². The standard InChI is InChI=1S/C32H36N2O3S/c1-22-5-3-4-6-27(22)21-34(38(2,36)37)30-13-7-26(8-14-30)31(35)33-29-11-9-28(10-12-29)32-18-23-15-24(19-32)17-25(16-23)20-32/h3-14,23-25H,15-21H2,1-2H3,(H,33,35). The molecule has 0 aromatic heterocycles. The maximum absolute atomic E-state index is 13.0. The predicted octanol–water partition coefficient (Wildman–Crippen LogP) is 6.68. The maximum Gasteiger partial charge on any atom is 0.255 e. The van der Waals surface area contributed by atoms with E-state index < -0.39 is 10.0 Å². The number of nitrogens with one attached hydrogen (secondary N) is 1. The van der Waals surface area contributed by atoms with Crippen LogP contribution in [0.4, 0.5) is 11.4 Å². The quantitative estimate of drug-likeness (QED) is 0.372. The summed E-state index contributed by atoms with van der Waals surface area (Å²) < 4.78 is 26.5. The molecule has 4 aliphatic rings. The number of benzene rings is 3. The van der Waals surface area contributed by atoms with Gasteiger partial charge in [0.25, 0.3) is 5.91 Å². The van der Waals surface area contributed by atoms with Gasteiger partial charge in [0.1, 0.15) is 0 Å². The SMILES string of the molecule is Cc1ccccc1CN(c1ccc(C(=O)Nc2ccc(C34CC5CC(CC(C5)C3)C4)cc2)cc1)S(C)(=O)=O. The van der Waals surface area contributed by atoms with Crippen LogP contribution in [-0.4, -0.2) is 20.6 Å². The number of anilines is 2. The van der Waals surface area contributed by atoms with E-state index in [1.54, 1.807) is 24.3 Å². The van der Waals surface area contributed by atoms with E-state index in [9.17, 15) is 13.2 Å². The number of carbonyl (C=O) groups is 1. The van der Waals surface area contributed by atoms with Crippen molar-refractivity contribution in [1.29, 1.82) is 0 Å². The number of hydrogen-bond acceptors (Lipinski definition) is 3. The molecule has 1 amide bonds. The Morgan fingerprint density at radius 2 is 1.45 bits per heavy atom. The van der Waals surface area contributed by atoms with Crippen LogP contribution in [0.3, 0.4) is 0 Å². The second-order valence-electron chi connectivity index (χ2n) is 12.0. The molecule has 7 rings (SSSR count). The van der Waals surface area contributed by atoms with Crippen molar-refractivity contribution in [3.8, 4) is 0 Å². The minimum absolute atomic E-state index is 0.205. The molecular formula is C32H36N2O3S. The Morgan fingerprint density at radius 1 is 0.868 bits per heavy atom. The van der Waals surface area contributed by atoms with E-state index in [1.807, 2.05) is 43.3 Å². The average Bonchev–Trinajstić information content (AvgIpc) is 2.87. The zero-order valence-corrected chi connectivity index (χ0v) is 23.0. The zero-order chi connectivity index (χ0) is 26.5. The van der Waals surface area contributed by atoms with Gasteiger partial charge in [0.2, 0.25) is 10.0 Å². The molecule has 38 heavy (non-hydrogen) atoms. The van der Waals surface area contributed by atoms with Crippen molar-refractivity contribution in [3.63, 3.8) is 0 Å². The Labute approximate surface area is 226 Å². The summed E-state index contributed by atoms with van der Waals surface area (Å²) in [5, 5.41) is 3.01. The number of rotatable bonds is 7. The fourth-order valence-corrected chi connectivity index (χ4v) is 8.57. The van der Waals surface area contributed by atoms with Crippen LogP contribution in [0.1, 0.15) is 65.6 Å². The zero-order valence-electron chi connectivity index (χ0n) is 22.2. The second kappa shape index (κ2) is 9.57. The molecule has 0 atom stereocenters. The molecule has 0 unspecified atom stereocenters. The molecule has 4 aliphatic carbocycles. The third-order valence-electron chi connectivity index (χ3n) is 9.19. The van der Waals surface area contributed by atoms with Gasteiger partial charge in [0.05, 0.1) is 18.5 Å². The fourth-order valence-electron chi connectivity index (χ4n) is 7.70. The van der Waals surface area contributed by atoms with Crippen LogP contribution >= 0.6 is 0 Å². The Balaban J connectivity index is 1.15. The third-order valence-corrected chi connectivity index (χ3v) is 10.3. The number of aryl methyl sites for hydroxylation is 1. The highest BCUT2D eigenvalue weighted by molar-refractivity contribution is 7.92. The van der Waals surface area contributed by atoms with Crippen LogP contribution < -0.4 is 9.62 Å². The molecule has 4 fully saturated rings. The highest BCUT2D eigenvalue weighted by Gasteiger charge is 2.51. The molecule has 4 bridgehead atoms. The normalized spacial score (nSPS) is 25.8. The molecule has 0 heterocycles. The van der Waals surface area contributed by atoms with E-state index in [-0.39, 0.29) is 12.5 Å². The Kier molecular flexibility index (Phi) is 6.34. The van der Waals surface area contributed by atoms with Crippen LogP contribution in [0.5, 0.6) is 0 Å². The minimum atomic E-state index is -3.50. The molecule has 4 saturated carbocycles. The van der Waals surface area contributed by atoms with Crippen LogP contribution in [0.25, 0.3) is 0 Å². The van der Waals surface area contributed by atoms with Gasteiger partial charge in [-0.15, -0.1) is 0 Å². The van der Waals surface area contributed by atoms with Gasteiger partial charge in [-0.1, -0.05) is 36.4 Å². The number of carbonyl (C=O) groups excluding carboxylic acids is 1. The average molecular weight is 529 g/mol. The van der Waals surface area contributed by atoms with Crippen molar-refractivity contribution in [2.75, 3.05) is 15.9 Å². The first-order valence-electron chi connectivity index (χ1n) is 13.7. The van der Waals surface area contributed by atoms with Crippen molar-refractivity contribution in [2.24, 2.45) is 17.8 Å². The van der Waals surface area contributed by atoms with E-state index in [1.165, 1.54) is 54.6 Å². The summed E-state index contributed by atoms with van der Waals surface area (Å²) in [5.74, 6) is 2.50. The lowest BCUT2D eigenvalue weighted by molar-refractivity contribution is -0.00518. The monoisotopic (exact) mass is 528 g/mol. The van der Waals surface area contributed by atoms with Crippen molar-refractivity contribution in [2.45, 2.75) is 57.4 Å². The topological polar surface area (TPSA) is 66.5 Å². The van der Waals surface area contributed by atoms with Gasteiger partial charge in [-0.05, 0) is 122 Å². The van der Waals surface area contributed by atoms with E-state index in [4.69, 9.17) is 0 Å². The summed E-state index contributed by atoms with van der Waals surface area (Å²) in [6, 6.07) is 23.0.